The summed E-state index contributed by atoms with van der Waals surface area (Å²) < 4.78 is 0. The second kappa shape index (κ2) is 4.33. The van der Waals surface area contributed by atoms with Gasteiger partial charge < -0.3 is 5.21 Å². The highest BCUT2D eigenvalue weighted by molar-refractivity contribution is 7.98. The van der Waals surface area contributed by atoms with Crippen molar-refractivity contribution in [3.8, 4) is 0 Å². The van der Waals surface area contributed by atoms with Crippen molar-refractivity contribution in [2.75, 3.05) is 6.26 Å². The van der Waals surface area contributed by atoms with E-state index in [-0.39, 0.29) is 0 Å². The Morgan fingerprint density at radius 3 is 2.62 bits per heavy atom. The van der Waals surface area contributed by atoms with Crippen molar-refractivity contribution in [1.82, 2.24) is 0 Å². The Morgan fingerprint density at radius 2 is 2.08 bits per heavy atom. The summed E-state index contributed by atoms with van der Waals surface area (Å²) in [5.41, 5.74) is 3.37. The standard InChI is InChI=1S/C10H13NOS/c1-7-4-8(2)9(6-11-12)10(5-7)13-3/h4-6,12H,1-3H3. The maximum absolute atomic E-state index is 8.49. The van der Waals surface area contributed by atoms with Crippen LogP contribution in [0.15, 0.2) is 22.2 Å². The Bertz CT molecular complexity index is 334. The number of aryl methyl sites for hydroxylation is 2. The van der Waals surface area contributed by atoms with Gasteiger partial charge in [0.1, 0.15) is 0 Å². The van der Waals surface area contributed by atoms with E-state index in [1.165, 1.54) is 11.8 Å². The van der Waals surface area contributed by atoms with E-state index in [1.54, 1.807) is 11.8 Å². The van der Waals surface area contributed by atoms with Crippen LogP contribution in [0.4, 0.5) is 0 Å². The Labute approximate surface area is 82.7 Å². The van der Waals surface area contributed by atoms with E-state index in [9.17, 15) is 0 Å². The summed E-state index contributed by atoms with van der Waals surface area (Å²) in [7, 11) is 0. The predicted molar refractivity (Wildman–Crippen MR) is 57.1 cm³/mol. The maximum Gasteiger partial charge on any atom is 0.0747 e. The number of nitrogens with zero attached hydrogens (tertiary/aromatic N) is 1. The van der Waals surface area contributed by atoms with E-state index in [0.29, 0.717) is 0 Å². The van der Waals surface area contributed by atoms with Crippen molar-refractivity contribution >= 4 is 18.0 Å². The molecule has 0 aliphatic heterocycles. The lowest BCUT2D eigenvalue weighted by molar-refractivity contribution is 0.321. The molecule has 0 amide bonds. The van der Waals surface area contributed by atoms with Crippen LogP contribution in [-0.4, -0.2) is 17.7 Å². The molecule has 2 nitrogen and oxygen atoms in total. The topological polar surface area (TPSA) is 32.6 Å². The molecule has 0 fully saturated rings. The summed E-state index contributed by atoms with van der Waals surface area (Å²) in [6.45, 7) is 4.08. The fourth-order valence-corrected chi connectivity index (χ4v) is 2.07. The summed E-state index contributed by atoms with van der Waals surface area (Å²) in [5, 5.41) is 11.6. The molecule has 0 heterocycles. The second-order valence-corrected chi connectivity index (χ2v) is 3.79. The molecule has 0 atom stereocenters. The van der Waals surface area contributed by atoms with E-state index >= 15 is 0 Å². The monoisotopic (exact) mass is 195 g/mol. The molecule has 0 bridgehead atoms. The van der Waals surface area contributed by atoms with Gasteiger partial charge in [0.25, 0.3) is 0 Å². The van der Waals surface area contributed by atoms with Crippen molar-refractivity contribution in [2.45, 2.75) is 18.7 Å². The Kier molecular flexibility index (Phi) is 3.37. The van der Waals surface area contributed by atoms with Crippen LogP contribution >= 0.6 is 11.8 Å². The van der Waals surface area contributed by atoms with E-state index in [4.69, 9.17) is 5.21 Å². The van der Waals surface area contributed by atoms with Gasteiger partial charge in [-0.25, -0.2) is 0 Å². The summed E-state index contributed by atoms with van der Waals surface area (Å²) in [6.07, 6.45) is 3.50. The van der Waals surface area contributed by atoms with Crippen LogP contribution in [-0.2, 0) is 0 Å². The van der Waals surface area contributed by atoms with Crippen LogP contribution in [0.3, 0.4) is 0 Å². The number of thioether (sulfide) groups is 1. The minimum absolute atomic E-state index is 1.00. The van der Waals surface area contributed by atoms with Crippen LogP contribution in [0.2, 0.25) is 0 Å². The summed E-state index contributed by atoms with van der Waals surface area (Å²) >= 11 is 1.66. The molecule has 0 aliphatic carbocycles. The molecule has 0 aromatic heterocycles. The van der Waals surface area contributed by atoms with Crippen molar-refractivity contribution in [3.63, 3.8) is 0 Å². The molecule has 1 aromatic carbocycles. The average Bonchev–Trinajstić information content (AvgIpc) is 2.09. The first-order valence-electron chi connectivity index (χ1n) is 4.01. The van der Waals surface area contributed by atoms with Crippen molar-refractivity contribution in [2.24, 2.45) is 5.16 Å². The molecule has 0 unspecified atom stereocenters. The highest BCUT2D eigenvalue weighted by Crippen LogP contribution is 2.23. The van der Waals surface area contributed by atoms with E-state index in [2.05, 4.69) is 24.2 Å². The molecule has 3 heteroatoms. The zero-order valence-corrected chi connectivity index (χ0v) is 8.85. The fourth-order valence-electron chi connectivity index (χ4n) is 1.33. The Hall–Kier alpha value is -0.960. The summed E-state index contributed by atoms with van der Waals surface area (Å²) in [4.78, 5) is 1.15. The normalized spacial score (nSPS) is 11.0. The van der Waals surface area contributed by atoms with Gasteiger partial charge in [-0.15, -0.1) is 11.8 Å². The maximum atomic E-state index is 8.49. The number of benzene rings is 1. The van der Waals surface area contributed by atoms with Gasteiger partial charge in [-0.05, 0) is 37.3 Å². The lowest BCUT2D eigenvalue weighted by Gasteiger charge is -2.07. The molecular formula is C10H13NOS. The smallest absolute Gasteiger partial charge is 0.0747 e. The van der Waals surface area contributed by atoms with E-state index < -0.39 is 0 Å². The minimum atomic E-state index is 1.00. The van der Waals surface area contributed by atoms with Crippen LogP contribution in [0.5, 0.6) is 0 Å². The summed E-state index contributed by atoms with van der Waals surface area (Å²) in [6, 6.07) is 4.17. The largest absolute Gasteiger partial charge is 0.411 e. The fraction of sp³-hybridized carbons (Fsp3) is 0.300. The number of rotatable bonds is 2. The molecule has 13 heavy (non-hydrogen) atoms. The first-order valence-corrected chi connectivity index (χ1v) is 5.24. The molecule has 1 rings (SSSR count). The number of hydrogen-bond donors (Lipinski definition) is 1. The van der Waals surface area contributed by atoms with Gasteiger partial charge in [0.2, 0.25) is 0 Å². The van der Waals surface area contributed by atoms with Crippen molar-refractivity contribution in [3.05, 3.63) is 28.8 Å². The molecular weight excluding hydrogens is 182 g/mol. The third-order valence-corrected chi connectivity index (χ3v) is 2.68. The number of hydrogen-bond acceptors (Lipinski definition) is 3. The third-order valence-electron chi connectivity index (χ3n) is 1.90. The molecule has 0 saturated heterocycles. The van der Waals surface area contributed by atoms with Gasteiger partial charge in [0, 0.05) is 10.5 Å². The first kappa shape index (κ1) is 10.1. The number of oxime groups is 1. The van der Waals surface area contributed by atoms with Crippen LogP contribution < -0.4 is 0 Å². The zero-order chi connectivity index (χ0) is 9.84. The van der Waals surface area contributed by atoms with Gasteiger partial charge in [-0.1, -0.05) is 11.2 Å². The van der Waals surface area contributed by atoms with Crippen LogP contribution in [0.1, 0.15) is 16.7 Å². The lowest BCUT2D eigenvalue weighted by Crippen LogP contribution is -1.92. The third kappa shape index (κ3) is 2.25. The second-order valence-electron chi connectivity index (χ2n) is 2.94. The van der Waals surface area contributed by atoms with Gasteiger partial charge in [0.05, 0.1) is 6.21 Å². The van der Waals surface area contributed by atoms with Gasteiger partial charge in [-0.2, -0.15) is 0 Å². The molecule has 0 aliphatic rings. The molecule has 1 aromatic rings. The van der Waals surface area contributed by atoms with Crippen molar-refractivity contribution in [1.29, 1.82) is 0 Å². The van der Waals surface area contributed by atoms with E-state index in [0.717, 1.165) is 16.0 Å². The Morgan fingerprint density at radius 1 is 1.38 bits per heavy atom. The minimum Gasteiger partial charge on any atom is -0.411 e. The molecule has 1 N–H and O–H groups in total. The molecule has 0 radical (unpaired) electrons. The van der Waals surface area contributed by atoms with Gasteiger partial charge in [0.15, 0.2) is 0 Å². The van der Waals surface area contributed by atoms with Crippen molar-refractivity contribution < 1.29 is 5.21 Å². The molecule has 0 saturated carbocycles. The Balaban J connectivity index is 3.29. The molecule has 0 spiro atoms. The highest BCUT2D eigenvalue weighted by atomic mass is 32.2. The lowest BCUT2D eigenvalue weighted by atomic mass is 10.1. The summed E-state index contributed by atoms with van der Waals surface area (Å²) in [5.74, 6) is 0. The van der Waals surface area contributed by atoms with E-state index in [1.807, 2.05) is 13.2 Å². The van der Waals surface area contributed by atoms with Gasteiger partial charge in [-0.3, -0.25) is 0 Å². The van der Waals surface area contributed by atoms with Crippen LogP contribution in [0.25, 0.3) is 0 Å². The quantitative estimate of drug-likeness (QED) is 0.340. The SMILES string of the molecule is CSc1cc(C)cc(C)c1C=NO. The first-order chi connectivity index (χ1) is 6.19. The van der Waals surface area contributed by atoms with Crippen LogP contribution in [0, 0.1) is 13.8 Å². The highest BCUT2D eigenvalue weighted by Gasteiger charge is 2.03. The zero-order valence-electron chi connectivity index (χ0n) is 8.03. The molecule has 70 valence electrons. The average molecular weight is 195 g/mol. The predicted octanol–water partition coefficient (Wildman–Crippen LogP) is 2.83. The van der Waals surface area contributed by atoms with Gasteiger partial charge >= 0.3 is 0 Å².